The second-order valence-electron chi connectivity index (χ2n) is 4.20. The van der Waals surface area contributed by atoms with Crippen LogP contribution in [0.2, 0.25) is 0 Å². The summed E-state index contributed by atoms with van der Waals surface area (Å²) in [5.74, 6) is 1.45. The van der Waals surface area contributed by atoms with Gasteiger partial charge in [-0.1, -0.05) is 0 Å². The molecule has 1 aliphatic rings. The van der Waals surface area contributed by atoms with Gasteiger partial charge in [-0.15, -0.1) is 0 Å². The maximum atomic E-state index is 5.70. The molecule has 16 heavy (non-hydrogen) atoms. The van der Waals surface area contributed by atoms with Crippen LogP contribution >= 0.6 is 0 Å². The van der Waals surface area contributed by atoms with Gasteiger partial charge < -0.3 is 10.5 Å². The van der Waals surface area contributed by atoms with E-state index < -0.39 is 0 Å². The first-order valence-electron chi connectivity index (χ1n) is 5.97. The number of aromatic nitrogens is 2. The average Bonchev–Trinajstić information content (AvgIpc) is 3.12. The Labute approximate surface area is 96.2 Å². The molecule has 4 nitrogen and oxygen atoms in total. The smallest absolute Gasteiger partial charge is 0.157 e. The van der Waals surface area contributed by atoms with E-state index in [-0.39, 0.29) is 6.10 Å². The Morgan fingerprint density at radius 3 is 2.62 bits per heavy atom. The van der Waals surface area contributed by atoms with Crippen molar-refractivity contribution >= 4 is 0 Å². The van der Waals surface area contributed by atoms with Gasteiger partial charge in [-0.3, -0.25) is 0 Å². The lowest BCUT2D eigenvalue weighted by molar-refractivity contribution is 0.0400. The van der Waals surface area contributed by atoms with Crippen LogP contribution in [0.5, 0.6) is 0 Å². The lowest BCUT2D eigenvalue weighted by Crippen LogP contribution is -2.11. The SMILES string of the molecule is CCOC(c1ncc(CCN)cn1)C1CC1. The van der Waals surface area contributed by atoms with Crippen molar-refractivity contribution in [3.63, 3.8) is 0 Å². The van der Waals surface area contributed by atoms with E-state index in [4.69, 9.17) is 10.5 Å². The summed E-state index contributed by atoms with van der Waals surface area (Å²) in [6, 6.07) is 0. The average molecular weight is 221 g/mol. The number of hydrogen-bond acceptors (Lipinski definition) is 4. The van der Waals surface area contributed by atoms with Crippen molar-refractivity contribution in [1.29, 1.82) is 0 Å². The van der Waals surface area contributed by atoms with Gasteiger partial charge in [0.1, 0.15) is 6.10 Å². The van der Waals surface area contributed by atoms with Crippen molar-refractivity contribution in [3.8, 4) is 0 Å². The molecule has 0 aromatic carbocycles. The highest BCUT2D eigenvalue weighted by Crippen LogP contribution is 2.41. The molecule has 1 atom stereocenters. The minimum Gasteiger partial charge on any atom is -0.370 e. The topological polar surface area (TPSA) is 61.0 Å². The first-order chi connectivity index (χ1) is 7.85. The molecule has 2 N–H and O–H groups in total. The summed E-state index contributed by atoms with van der Waals surface area (Å²) in [7, 11) is 0. The van der Waals surface area contributed by atoms with Crippen LogP contribution in [0.1, 0.15) is 37.3 Å². The van der Waals surface area contributed by atoms with Crippen LogP contribution in [0, 0.1) is 5.92 Å². The Bertz CT molecular complexity index is 322. The van der Waals surface area contributed by atoms with Crippen LogP contribution in [-0.4, -0.2) is 23.1 Å². The van der Waals surface area contributed by atoms with E-state index in [0.29, 0.717) is 12.5 Å². The van der Waals surface area contributed by atoms with Crippen molar-refractivity contribution in [2.45, 2.75) is 32.3 Å². The molecule has 88 valence electrons. The zero-order valence-corrected chi connectivity index (χ0v) is 9.72. The van der Waals surface area contributed by atoms with E-state index in [1.165, 1.54) is 12.8 Å². The summed E-state index contributed by atoms with van der Waals surface area (Å²) in [6.07, 6.45) is 7.13. The molecule has 1 aromatic heterocycles. The molecule has 1 unspecified atom stereocenters. The van der Waals surface area contributed by atoms with Gasteiger partial charge in [0, 0.05) is 19.0 Å². The van der Waals surface area contributed by atoms with E-state index in [1.807, 2.05) is 19.3 Å². The number of nitrogens with zero attached hydrogens (tertiary/aromatic N) is 2. The summed E-state index contributed by atoms with van der Waals surface area (Å²) in [5.41, 5.74) is 6.58. The summed E-state index contributed by atoms with van der Waals surface area (Å²) < 4.78 is 5.70. The summed E-state index contributed by atoms with van der Waals surface area (Å²) in [5, 5.41) is 0. The molecular weight excluding hydrogens is 202 g/mol. The van der Waals surface area contributed by atoms with Gasteiger partial charge in [-0.25, -0.2) is 9.97 Å². The van der Waals surface area contributed by atoms with E-state index in [0.717, 1.165) is 24.4 Å². The van der Waals surface area contributed by atoms with Crippen molar-refractivity contribution in [1.82, 2.24) is 9.97 Å². The van der Waals surface area contributed by atoms with Gasteiger partial charge >= 0.3 is 0 Å². The zero-order chi connectivity index (χ0) is 11.4. The quantitative estimate of drug-likeness (QED) is 0.790. The molecule has 0 spiro atoms. The molecule has 2 rings (SSSR count). The molecule has 1 fully saturated rings. The first kappa shape index (κ1) is 11.5. The Morgan fingerprint density at radius 1 is 1.44 bits per heavy atom. The first-order valence-corrected chi connectivity index (χ1v) is 5.97. The normalized spacial score (nSPS) is 17.4. The fourth-order valence-corrected chi connectivity index (χ4v) is 1.81. The summed E-state index contributed by atoms with van der Waals surface area (Å²) in [4.78, 5) is 8.77. The molecule has 0 bridgehead atoms. The molecule has 1 heterocycles. The Morgan fingerprint density at radius 2 is 2.12 bits per heavy atom. The van der Waals surface area contributed by atoms with Gasteiger partial charge in [0.25, 0.3) is 0 Å². The van der Waals surface area contributed by atoms with Crippen LogP contribution in [0.4, 0.5) is 0 Å². The molecule has 0 radical (unpaired) electrons. The van der Waals surface area contributed by atoms with Gasteiger partial charge in [-0.05, 0) is 44.2 Å². The number of ether oxygens (including phenoxy) is 1. The van der Waals surface area contributed by atoms with Crippen LogP contribution < -0.4 is 5.73 Å². The molecule has 0 saturated heterocycles. The van der Waals surface area contributed by atoms with E-state index in [2.05, 4.69) is 9.97 Å². The fraction of sp³-hybridized carbons (Fsp3) is 0.667. The number of hydrogen-bond donors (Lipinski definition) is 1. The lowest BCUT2D eigenvalue weighted by atomic mass is 10.2. The standard InChI is InChI=1S/C12H19N3O/c1-2-16-11(10-3-4-10)12-14-7-9(5-6-13)8-15-12/h7-8,10-11H,2-6,13H2,1H3. The number of nitrogens with two attached hydrogens (primary N) is 1. The predicted molar refractivity (Wildman–Crippen MR) is 61.9 cm³/mol. The van der Waals surface area contributed by atoms with Crippen molar-refractivity contribution < 1.29 is 4.74 Å². The lowest BCUT2D eigenvalue weighted by Gasteiger charge is -2.14. The third-order valence-corrected chi connectivity index (χ3v) is 2.81. The number of rotatable bonds is 6. The van der Waals surface area contributed by atoms with Crippen molar-refractivity contribution in [3.05, 3.63) is 23.8 Å². The maximum absolute atomic E-state index is 5.70. The van der Waals surface area contributed by atoms with Crippen molar-refractivity contribution in [2.24, 2.45) is 11.7 Å². The summed E-state index contributed by atoms with van der Waals surface area (Å²) in [6.45, 7) is 3.37. The van der Waals surface area contributed by atoms with Gasteiger partial charge in [-0.2, -0.15) is 0 Å². The highest BCUT2D eigenvalue weighted by atomic mass is 16.5. The van der Waals surface area contributed by atoms with Crippen LogP contribution in [0.15, 0.2) is 12.4 Å². The molecule has 1 aromatic rings. The monoisotopic (exact) mass is 221 g/mol. The predicted octanol–water partition coefficient (Wildman–Crippen LogP) is 1.47. The molecule has 0 amide bonds. The van der Waals surface area contributed by atoms with E-state index in [1.54, 1.807) is 0 Å². The highest BCUT2D eigenvalue weighted by molar-refractivity contribution is 5.08. The highest BCUT2D eigenvalue weighted by Gasteiger charge is 2.34. The van der Waals surface area contributed by atoms with Gasteiger partial charge in [0.2, 0.25) is 0 Å². The van der Waals surface area contributed by atoms with Gasteiger partial charge in [0.15, 0.2) is 5.82 Å². The largest absolute Gasteiger partial charge is 0.370 e. The maximum Gasteiger partial charge on any atom is 0.157 e. The Balaban J connectivity index is 2.05. The summed E-state index contributed by atoms with van der Waals surface area (Å²) >= 11 is 0. The molecular formula is C12H19N3O. The second kappa shape index (κ2) is 5.37. The molecule has 4 heteroatoms. The zero-order valence-electron chi connectivity index (χ0n) is 9.72. The minimum atomic E-state index is 0.0944. The van der Waals surface area contributed by atoms with E-state index >= 15 is 0 Å². The fourth-order valence-electron chi connectivity index (χ4n) is 1.81. The third kappa shape index (κ3) is 2.77. The second-order valence-corrected chi connectivity index (χ2v) is 4.20. The molecule has 0 aliphatic heterocycles. The van der Waals surface area contributed by atoms with E-state index in [9.17, 15) is 0 Å². The van der Waals surface area contributed by atoms with Crippen molar-refractivity contribution in [2.75, 3.05) is 13.2 Å². The Hall–Kier alpha value is -1.00. The van der Waals surface area contributed by atoms with Crippen LogP contribution in [0.25, 0.3) is 0 Å². The third-order valence-electron chi connectivity index (χ3n) is 2.81. The minimum absolute atomic E-state index is 0.0944. The van der Waals surface area contributed by atoms with Gasteiger partial charge in [0.05, 0.1) is 0 Å². The van der Waals surface area contributed by atoms with Crippen LogP contribution in [0.3, 0.4) is 0 Å². The molecule has 1 saturated carbocycles. The molecule has 1 aliphatic carbocycles. The Kier molecular flexibility index (Phi) is 3.85. The van der Waals surface area contributed by atoms with Crippen LogP contribution in [-0.2, 0) is 11.2 Å².